The third kappa shape index (κ3) is 4.37. The van der Waals surface area contributed by atoms with Crippen molar-refractivity contribution in [2.24, 2.45) is 0 Å². The number of imidazole rings is 1. The van der Waals surface area contributed by atoms with E-state index in [0.717, 1.165) is 0 Å². The van der Waals surface area contributed by atoms with Crippen molar-refractivity contribution >= 4 is 23.0 Å². The Hall–Kier alpha value is -3.15. The lowest BCUT2D eigenvalue weighted by Gasteiger charge is -2.15. The summed E-state index contributed by atoms with van der Waals surface area (Å²) in [6, 6.07) is 0. The highest BCUT2D eigenvalue weighted by Crippen LogP contribution is 2.31. The standard InChI is InChI=1S/C16H17F3N6O5/c17-16(18,19)14(29)21-4-2-1-3-9-22-11-12(23-15(20)24-13(11)28)25(9)10-5-7(27)8(6-26)30-10/h7-8,10,26-27H,2,4-6H2,(H,21,29)(H3,20,23,24,28). The number of carbonyl (C=O) groups is 1. The molecule has 3 unspecified atom stereocenters. The van der Waals surface area contributed by atoms with Gasteiger partial charge in [0.2, 0.25) is 5.95 Å². The van der Waals surface area contributed by atoms with E-state index in [1.54, 1.807) is 5.32 Å². The van der Waals surface area contributed by atoms with Crippen molar-refractivity contribution in [3.63, 3.8) is 0 Å². The van der Waals surface area contributed by atoms with Gasteiger partial charge in [-0.2, -0.15) is 18.2 Å². The second-order valence-electron chi connectivity index (χ2n) is 6.35. The monoisotopic (exact) mass is 430 g/mol. The molecular formula is C16H17F3N6O5. The van der Waals surface area contributed by atoms with Crippen LogP contribution in [0.15, 0.2) is 4.79 Å². The summed E-state index contributed by atoms with van der Waals surface area (Å²) in [7, 11) is 0. The number of H-pyrrole nitrogens is 1. The number of aliphatic hydroxyl groups is 2. The van der Waals surface area contributed by atoms with Gasteiger partial charge < -0.3 is 26.0 Å². The van der Waals surface area contributed by atoms with Crippen LogP contribution < -0.4 is 16.6 Å². The molecule has 0 aliphatic carbocycles. The van der Waals surface area contributed by atoms with Crippen molar-refractivity contribution in [2.45, 2.75) is 37.5 Å². The molecule has 3 atom stereocenters. The van der Waals surface area contributed by atoms with E-state index in [-0.39, 0.29) is 42.3 Å². The van der Waals surface area contributed by atoms with Crippen LogP contribution in [-0.4, -0.2) is 67.2 Å². The normalized spacial score (nSPS) is 21.4. The molecule has 1 saturated heterocycles. The zero-order valence-corrected chi connectivity index (χ0v) is 15.2. The van der Waals surface area contributed by atoms with E-state index in [0.29, 0.717) is 0 Å². The fraction of sp³-hybridized carbons (Fsp3) is 0.500. The van der Waals surface area contributed by atoms with Crippen LogP contribution in [0.4, 0.5) is 19.1 Å². The number of rotatable bonds is 4. The van der Waals surface area contributed by atoms with Gasteiger partial charge in [0, 0.05) is 19.4 Å². The number of nitrogens with one attached hydrogen (secondary N) is 2. The average molecular weight is 430 g/mol. The van der Waals surface area contributed by atoms with E-state index >= 15 is 0 Å². The number of anilines is 1. The fourth-order valence-electron chi connectivity index (χ4n) is 2.88. The Balaban J connectivity index is 1.89. The summed E-state index contributed by atoms with van der Waals surface area (Å²) in [5.74, 6) is 2.87. The number of aliphatic hydroxyl groups excluding tert-OH is 2. The molecule has 0 spiro atoms. The fourth-order valence-corrected chi connectivity index (χ4v) is 2.88. The number of hydrogen-bond donors (Lipinski definition) is 5. The van der Waals surface area contributed by atoms with E-state index in [1.807, 2.05) is 0 Å². The summed E-state index contributed by atoms with van der Waals surface area (Å²) in [5, 5.41) is 21.0. The van der Waals surface area contributed by atoms with E-state index in [2.05, 4.69) is 26.8 Å². The van der Waals surface area contributed by atoms with Crippen molar-refractivity contribution in [3.8, 4) is 11.8 Å². The van der Waals surface area contributed by atoms with Crippen LogP contribution in [-0.2, 0) is 9.53 Å². The highest BCUT2D eigenvalue weighted by molar-refractivity contribution is 5.81. The van der Waals surface area contributed by atoms with Gasteiger partial charge in [-0.05, 0) is 5.92 Å². The molecule has 3 rings (SSSR count). The van der Waals surface area contributed by atoms with Crippen molar-refractivity contribution in [2.75, 3.05) is 18.9 Å². The minimum atomic E-state index is -4.99. The highest BCUT2D eigenvalue weighted by atomic mass is 19.4. The number of hydrogen-bond acceptors (Lipinski definition) is 8. The van der Waals surface area contributed by atoms with E-state index in [9.17, 15) is 33.0 Å². The first kappa shape index (κ1) is 21.6. The Labute approximate surface area is 166 Å². The lowest BCUT2D eigenvalue weighted by Crippen LogP contribution is -2.37. The first-order valence-electron chi connectivity index (χ1n) is 8.67. The van der Waals surface area contributed by atoms with Gasteiger partial charge >= 0.3 is 12.1 Å². The number of amides is 1. The number of nitrogen functional groups attached to an aromatic ring is 1. The number of alkyl halides is 3. The Bertz CT molecular complexity index is 1070. The predicted molar refractivity (Wildman–Crippen MR) is 94.7 cm³/mol. The lowest BCUT2D eigenvalue weighted by atomic mass is 10.2. The first-order valence-corrected chi connectivity index (χ1v) is 8.67. The Kier molecular flexibility index (Phi) is 5.97. The summed E-state index contributed by atoms with van der Waals surface area (Å²) < 4.78 is 43.4. The van der Waals surface area contributed by atoms with Crippen LogP contribution in [0.5, 0.6) is 0 Å². The SMILES string of the molecule is Nc1nc2c(nc(C#CCCNC(=O)C(F)(F)F)n2C2CC(O)C(CO)O2)c(=O)[nH]1. The molecule has 2 aromatic heterocycles. The zero-order chi connectivity index (χ0) is 22.1. The number of nitrogens with zero attached hydrogens (tertiary/aromatic N) is 3. The Morgan fingerprint density at radius 3 is 2.80 bits per heavy atom. The molecule has 11 nitrogen and oxygen atoms in total. The number of aromatic nitrogens is 4. The zero-order valence-electron chi connectivity index (χ0n) is 15.2. The number of fused-ring (bicyclic) bond motifs is 1. The van der Waals surface area contributed by atoms with Crippen molar-refractivity contribution in [1.82, 2.24) is 24.8 Å². The number of nitrogens with two attached hydrogens (primary N) is 1. The third-order valence-electron chi connectivity index (χ3n) is 4.23. The van der Waals surface area contributed by atoms with Crippen LogP contribution in [0, 0.1) is 11.8 Å². The third-order valence-corrected chi connectivity index (χ3v) is 4.23. The van der Waals surface area contributed by atoms with E-state index < -0.39 is 42.7 Å². The van der Waals surface area contributed by atoms with Crippen LogP contribution in [0.25, 0.3) is 11.2 Å². The summed E-state index contributed by atoms with van der Waals surface area (Å²) in [4.78, 5) is 33.3. The number of aromatic amines is 1. The summed E-state index contributed by atoms with van der Waals surface area (Å²) in [6.07, 6.45) is -7.81. The summed E-state index contributed by atoms with van der Waals surface area (Å²) in [5.41, 5.74) is 4.86. The van der Waals surface area contributed by atoms with Crippen LogP contribution >= 0.6 is 0 Å². The van der Waals surface area contributed by atoms with Crippen LogP contribution in [0.1, 0.15) is 24.9 Å². The maximum atomic E-state index is 12.2. The Morgan fingerprint density at radius 2 is 2.17 bits per heavy atom. The molecule has 2 aromatic rings. The number of carbonyl (C=O) groups excluding carboxylic acids is 1. The smallest absolute Gasteiger partial charge is 0.394 e. The molecule has 0 saturated carbocycles. The molecule has 1 fully saturated rings. The molecule has 0 radical (unpaired) electrons. The molecule has 14 heteroatoms. The van der Waals surface area contributed by atoms with Crippen molar-refractivity contribution in [3.05, 3.63) is 16.2 Å². The largest absolute Gasteiger partial charge is 0.471 e. The minimum absolute atomic E-state index is 0.00784. The molecule has 0 bridgehead atoms. The van der Waals surface area contributed by atoms with Crippen LogP contribution in [0.2, 0.25) is 0 Å². The van der Waals surface area contributed by atoms with Crippen molar-refractivity contribution in [1.29, 1.82) is 0 Å². The molecule has 1 aliphatic heterocycles. The molecule has 6 N–H and O–H groups in total. The van der Waals surface area contributed by atoms with Gasteiger partial charge in [-0.1, -0.05) is 5.92 Å². The molecule has 162 valence electrons. The molecule has 1 amide bonds. The van der Waals surface area contributed by atoms with Gasteiger partial charge in [-0.25, -0.2) is 4.98 Å². The van der Waals surface area contributed by atoms with Gasteiger partial charge in [-0.15, -0.1) is 0 Å². The predicted octanol–water partition coefficient (Wildman–Crippen LogP) is -1.24. The topological polar surface area (TPSA) is 168 Å². The van der Waals surface area contributed by atoms with Gasteiger partial charge in [0.1, 0.15) is 12.3 Å². The second kappa shape index (κ2) is 8.30. The average Bonchev–Trinajstić information content (AvgIpc) is 3.20. The maximum absolute atomic E-state index is 12.2. The first-order chi connectivity index (χ1) is 14.1. The summed E-state index contributed by atoms with van der Waals surface area (Å²) >= 11 is 0. The lowest BCUT2D eigenvalue weighted by molar-refractivity contribution is -0.173. The Morgan fingerprint density at radius 1 is 1.43 bits per heavy atom. The van der Waals surface area contributed by atoms with Crippen molar-refractivity contribution < 1.29 is 32.9 Å². The number of ether oxygens (including phenoxy) is 1. The number of halogens is 3. The van der Waals surface area contributed by atoms with Gasteiger partial charge in [0.05, 0.1) is 12.7 Å². The molecule has 0 aromatic carbocycles. The maximum Gasteiger partial charge on any atom is 0.471 e. The molecule has 30 heavy (non-hydrogen) atoms. The van der Waals surface area contributed by atoms with Gasteiger partial charge in [-0.3, -0.25) is 19.1 Å². The van der Waals surface area contributed by atoms with Gasteiger partial charge in [0.15, 0.2) is 17.0 Å². The van der Waals surface area contributed by atoms with Crippen LogP contribution in [0.3, 0.4) is 0 Å². The highest BCUT2D eigenvalue weighted by Gasteiger charge is 2.38. The van der Waals surface area contributed by atoms with E-state index in [4.69, 9.17) is 10.5 Å². The van der Waals surface area contributed by atoms with E-state index in [1.165, 1.54) is 4.57 Å². The molecular weight excluding hydrogens is 413 g/mol. The second-order valence-corrected chi connectivity index (χ2v) is 6.35. The molecule has 1 aliphatic rings. The minimum Gasteiger partial charge on any atom is -0.394 e. The molecule has 3 heterocycles. The summed E-state index contributed by atoms with van der Waals surface area (Å²) in [6.45, 7) is -0.803. The van der Waals surface area contributed by atoms with Gasteiger partial charge in [0.25, 0.3) is 5.56 Å². The quantitative estimate of drug-likeness (QED) is 0.297.